The fraction of sp³-hybridized carbons (Fsp3) is 0.333. The van der Waals surface area contributed by atoms with Crippen LogP contribution in [-0.4, -0.2) is 42.1 Å². The minimum atomic E-state index is -3.63. The third-order valence-corrected chi connectivity index (χ3v) is 3.63. The van der Waals surface area contributed by atoms with Gasteiger partial charge in [-0.25, -0.2) is 23.1 Å². The van der Waals surface area contributed by atoms with Crippen molar-refractivity contribution in [1.82, 2.24) is 24.8 Å². The molecule has 0 aliphatic carbocycles. The molecule has 0 radical (unpaired) electrons. The first-order chi connectivity index (χ1) is 9.12. The number of aromatic nitrogens is 4. The van der Waals surface area contributed by atoms with Gasteiger partial charge in [-0.2, -0.15) is 4.98 Å². The van der Waals surface area contributed by atoms with E-state index in [1.807, 2.05) is 0 Å². The van der Waals surface area contributed by atoms with E-state index < -0.39 is 10.0 Å². The Morgan fingerprint density at radius 1 is 1.26 bits per heavy atom. The standard InChI is InChI=1S/C9H12N6O3S/c1-10-9-11-4-7(5-12-9)19(16,17)14-3-2-8-13-6-18-15-8/h4-6,14H,2-3H2,1H3,(H,10,11,12). The van der Waals surface area contributed by atoms with Crippen LogP contribution in [0.5, 0.6) is 0 Å². The SMILES string of the molecule is CNc1ncc(S(=O)(=O)NCCc2ncon2)cn1. The molecule has 102 valence electrons. The Morgan fingerprint density at radius 3 is 2.58 bits per heavy atom. The summed E-state index contributed by atoms with van der Waals surface area (Å²) in [6.45, 7) is 0.162. The molecule has 0 spiro atoms. The van der Waals surface area contributed by atoms with Crippen LogP contribution in [0.1, 0.15) is 5.82 Å². The van der Waals surface area contributed by atoms with Crippen LogP contribution in [0.15, 0.2) is 28.2 Å². The molecule has 0 unspecified atom stereocenters. The van der Waals surface area contributed by atoms with Crippen molar-refractivity contribution in [2.75, 3.05) is 18.9 Å². The molecule has 0 fully saturated rings. The average Bonchev–Trinajstić information content (AvgIpc) is 2.92. The Labute approximate surface area is 109 Å². The number of hydrogen-bond acceptors (Lipinski definition) is 8. The van der Waals surface area contributed by atoms with Crippen LogP contribution in [0, 0.1) is 0 Å². The zero-order valence-electron chi connectivity index (χ0n) is 10.1. The van der Waals surface area contributed by atoms with Crippen molar-refractivity contribution in [3.8, 4) is 0 Å². The zero-order chi connectivity index (χ0) is 13.7. The Bertz CT molecular complexity index is 610. The van der Waals surface area contributed by atoms with Gasteiger partial charge in [0.25, 0.3) is 0 Å². The van der Waals surface area contributed by atoms with Crippen molar-refractivity contribution in [1.29, 1.82) is 0 Å². The first-order valence-corrected chi connectivity index (χ1v) is 6.85. The molecule has 19 heavy (non-hydrogen) atoms. The van der Waals surface area contributed by atoms with Gasteiger partial charge in [0.05, 0.1) is 12.4 Å². The minimum absolute atomic E-state index is 0.000359. The molecule has 0 atom stereocenters. The Kier molecular flexibility index (Phi) is 4.02. The summed E-state index contributed by atoms with van der Waals surface area (Å²) in [5.41, 5.74) is 0. The maximum absolute atomic E-state index is 11.9. The van der Waals surface area contributed by atoms with Gasteiger partial charge < -0.3 is 9.84 Å². The van der Waals surface area contributed by atoms with Crippen molar-refractivity contribution in [2.24, 2.45) is 0 Å². The minimum Gasteiger partial charge on any atom is -0.357 e. The lowest BCUT2D eigenvalue weighted by molar-refractivity contribution is 0.410. The smallest absolute Gasteiger partial charge is 0.243 e. The normalized spacial score (nSPS) is 11.4. The van der Waals surface area contributed by atoms with E-state index in [9.17, 15) is 8.42 Å². The predicted molar refractivity (Wildman–Crippen MR) is 64.8 cm³/mol. The molecule has 10 heteroatoms. The second-order valence-electron chi connectivity index (χ2n) is 3.49. The van der Waals surface area contributed by atoms with Crippen molar-refractivity contribution in [3.63, 3.8) is 0 Å². The molecule has 0 aromatic carbocycles. The number of nitrogens with one attached hydrogen (secondary N) is 2. The summed E-state index contributed by atoms with van der Waals surface area (Å²) in [5, 5.41) is 6.28. The van der Waals surface area contributed by atoms with Gasteiger partial charge in [0.15, 0.2) is 5.82 Å². The van der Waals surface area contributed by atoms with Crippen LogP contribution >= 0.6 is 0 Å². The lowest BCUT2D eigenvalue weighted by Gasteiger charge is -2.05. The van der Waals surface area contributed by atoms with Crippen LogP contribution in [0.25, 0.3) is 0 Å². The molecule has 0 amide bonds. The van der Waals surface area contributed by atoms with E-state index in [0.29, 0.717) is 18.2 Å². The molecular weight excluding hydrogens is 272 g/mol. The molecule has 0 aliphatic heterocycles. The number of rotatable bonds is 6. The highest BCUT2D eigenvalue weighted by Gasteiger charge is 2.14. The fourth-order valence-electron chi connectivity index (χ4n) is 1.27. The summed E-state index contributed by atoms with van der Waals surface area (Å²) >= 11 is 0. The molecule has 0 aliphatic rings. The number of hydrogen-bond donors (Lipinski definition) is 2. The van der Waals surface area contributed by atoms with Crippen molar-refractivity contribution in [3.05, 3.63) is 24.6 Å². The lowest BCUT2D eigenvalue weighted by Crippen LogP contribution is -2.26. The Balaban J connectivity index is 1.97. The van der Waals surface area contributed by atoms with Gasteiger partial charge in [-0.3, -0.25) is 0 Å². The summed E-state index contributed by atoms with van der Waals surface area (Å²) in [5.74, 6) is 0.787. The maximum Gasteiger partial charge on any atom is 0.243 e. The molecule has 2 aromatic heterocycles. The van der Waals surface area contributed by atoms with Gasteiger partial charge in [-0.1, -0.05) is 5.16 Å². The van der Waals surface area contributed by atoms with E-state index in [2.05, 4.69) is 34.7 Å². The molecule has 9 nitrogen and oxygen atoms in total. The van der Waals surface area contributed by atoms with Crippen molar-refractivity contribution in [2.45, 2.75) is 11.3 Å². The van der Waals surface area contributed by atoms with E-state index >= 15 is 0 Å². The van der Waals surface area contributed by atoms with Gasteiger partial charge in [0, 0.05) is 20.0 Å². The first-order valence-electron chi connectivity index (χ1n) is 5.36. The second-order valence-corrected chi connectivity index (χ2v) is 5.25. The lowest BCUT2D eigenvalue weighted by atomic mass is 10.4. The molecule has 2 N–H and O–H groups in total. The number of anilines is 1. The molecule has 2 aromatic rings. The highest BCUT2D eigenvalue weighted by atomic mass is 32.2. The summed E-state index contributed by atoms with van der Waals surface area (Å²) < 4.78 is 30.7. The third kappa shape index (κ3) is 3.45. The van der Waals surface area contributed by atoms with Crippen molar-refractivity contribution >= 4 is 16.0 Å². The monoisotopic (exact) mass is 284 g/mol. The van der Waals surface area contributed by atoms with Gasteiger partial charge in [-0.05, 0) is 0 Å². The van der Waals surface area contributed by atoms with Crippen LogP contribution in [0.2, 0.25) is 0 Å². The number of sulfonamides is 1. The van der Waals surface area contributed by atoms with E-state index in [1.54, 1.807) is 7.05 Å². The topological polar surface area (TPSA) is 123 Å². The summed E-state index contributed by atoms with van der Waals surface area (Å²) in [7, 11) is -1.98. The van der Waals surface area contributed by atoms with E-state index in [0.717, 1.165) is 0 Å². The van der Waals surface area contributed by atoms with E-state index in [1.165, 1.54) is 18.8 Å². The molecule has 0 saturated carbocycles. The van der Waals surface area contributed by atoms with E-state index in [4.69, 9.17) is 0 Å². The average molecular weight is 284 g/mol. The predicted octanol–water partition coefficient (Wildman–Crippen LogP) is -0.578. The van der Waals surface area contributed by atoms with Crippen LogP contribution < -0.4 is 10.0 Å². The zero-order valence-corrected chi connectivity index (χ0v) is 10.9. The highest BCUT2D eigenvalue weighted by molar-refractivity contribution is 7.89. The van der Waals surface area contributed by atoms with Crippen molar-refractivity contribution < 1.29 is 12.9 Å². The quantitative estimate of drug-likeness (QED) is 0.722. The second kappa shape index (κ2) is 5.71. The molecule has 0 saturated heterocycles. The van der Waals surface area contributed by atoms with Gasteiger partial charge in [-0.15, -0.1) is 0 Å². The molecule has 2 rings (SSSR count). The summed E-state index contributed by atoms with van der Waals surface area (Å²) in [6.07, 6.45) is 3.99. The molecular formula is C9H12N6O3S. The summed E-state index contributed by atoms with van der Waals surface area (Å²) in [4.78, 5) is 11.5. The fourth-order valence-corrected chi connectivity index (χ4v) is 2.19. The first kappa shape index (κ1) is 13.4. The van der Waals surface area contributed by atoms with Gasteiger partial charge >= 0.3 is 0 Å². The number of nitrogens with zero attached hydrogens (tertiary/aromatic N) is 4. The summed E-state index contributed by atoms with van der Waals surface area (Å²) in [6, 6.07) is 0. The van der Waals surface area contributed by atoms with Crippen LogP contribution in [0.4, 0.5) is 5.95 Å². The van der Waals surface area contributed by atoms with Gasteiger partial charge in [0.1, 0.15) is 4.90 Å². The van der Waals surface area contributed by atoms with E-state index in [-0.39, 0.29) is 11.4 Å². The highest BCUT2D eigenvalue weighted by Crippen LogP contribution is 2.06. The van der Waals surface area contributed by atoms with Crippen LogP contribution in [-0.2, 0) is 16.4 Å². The largest absolute Gasteiger partial charge is 0.357 e. The molecule has 0 bridgehead atoms. The van der Waals surface area contributed by atoms with Crippen LogP contribution in [0.3, 0.4) is 0 Å². The maximum atomic E-state index is 11.9. The Hall–Kier alpha value is -2.07. The Morgan fingerprint density at radius 2 is 2.00 bits per heavy atom. The van der Waals surface area contributed by atoms with Gasteiger partial charge in [0.2, 0.25) is 22.4 Å². The third-order valence-electron chi connectivity index (χ3n) is 2.21. The molecule has 2 heterocycles.